The van der Waals surface area contributed by atoms with Crippen molar-refractivity contribution >= 4 is 177 Å². The lowest BCUT2D eigenvalue weighted by molar-refractivity contribution is -0.140. The number of nitrogens with two attached hydrogens (primary N) is 1. The lowest BCUT2D eigenvalue weighted by atomic mass is 9.97. The third-order valence-electron chi connectivity index (χ3n) is 14.6. The summed E-state index contributed by atoms with van der Waals surface area (Å²) in [5.74, 6) is -1.87. The highest BCUT2D eigenvalue weighted by Crippen LogP contribution is 2.36. The highest BCUT2D eigenvalue weighted by atomic mass is 79.9. The minimum Gasteiger partial charge on any atom is -1.00 e. The summed E-state index contributed by atoms with van der Waals surface area (Å²) in [6.07, 6.45) is 5.50. The number of alkyl carbamates (subject to hydrolysis) is 1. The van der Waals surface area contributed by atoms with Gasteiger partial charge in [0, 0.05) is 114 Å². The Morgan fingerprint density at radius 2 is 1.04 bits per heavy atom. The van der Waals surface area contributed by atoms with Gasteiger partial charge in [-0.1, -0.05) is 79.6 Å². The summed E-state index contributed by atoms with van der Waals surface area (Å²) in [6, 6.07) is 16.1. The number of halogens is 14. The number of fused-ring (bicyclic) bond motifs is 5. The number of aliphatic hydroxyl groups excluding tert-OH is 1. The zero-order chi connectivity index (χ0) is 88.6. The number of aliphatic imine (C=N–C) groups is 1. The van der Waals surface area contributed by atoms with Crippen LogP contribution in [0, 0.1) is 29.1 Å². The number of carbonyl (C=O) groups excluding carboxylic acids is 2. The third kappa shape index (κ3) is 36.5. The van der Waals surface area contributed by atoms with Crippen LogP contribution in [0.4, 0.5) is 39.7 Å². The maximum Gasteiger partial charge on any atom is 0.762 e. The molecule has 2 aliphatic rings. The minimum atomic E-state index is -3.67. The number of benzene rings is 5. The number of aliphatic hydroxyl groups is 1. The van der Waals surface area contributed by atoms with E-state index < -0.39 is 74.2 Å². The molecule has 22 nitrogen and oxygen atoms in total. The zero-order valence-electron chi connectivity index (χ0n) is 70.0. The molecule has 9 aromatic rings. The summed E-state index contributed by atoms with van der Waals surface area (Å²) in [5, 5.41) is 31.6. The maximum atomic E-state index is 14.3. The van der Waals surface area contributed by atoms with Crippen molar-refractivity contribution in [3.8, 4) is 0 Å². The number of carbonyl (C=O) groups is 2. The van der Waals surface area contributed by atoms with Crippen LogP contribution in [0.15, 0.2) is 98.6 Å². The second-order valence-electron chi connectivity index (χ2n) is 30.8. The Hall–Kier alpha value is -6.01. The normalized spacial score (nSPS) is 12.8. The van der Waals surface area contributed by atoms with E-state index >= 15 is 0 Å². The van der Waals surface area contributed by atoms with Gasteiger partial charge in [-0.2, -0.15) is 24.8 Å². The Balaban J connectivity index is 0.000000677. The van der Waals surface area contributed by atoms with E-state index in [0.717, 1.165) is 49.9 Å². The van der Waals surface area contributed by atoms with Crippen molar-refractivity contribution in [1.29, 1.82) is 0 Å². The average molecular weight is 2010 g/mol. The molecule has 1 fully saturated rings. The molecule has 1 amide bonds. The van der Waals surface area contributed by atoms with E-state index in [-0.39, 0.29) is 57.1 Å². The Bertz CT molecular complexity index is 4800. The van der Waals surface area contributed by atoms with Gasteiger partial charge in [0.15, 0.2) is 23.3 Å². The Labute approximate surface area is 721 Å². The first-order chi connectivity index (χ1) is 52.7. The molecule has 0 saturated carbocycles. The molecule has 11 rings (SSSR count). The largest absolute Gasteiger partial charge is 1.00 e. The van der Waals surface area contributed by atoms with Gasteiger partial charge in [0.05, 0.1) is 80.5 Å². The molecule has 4 aromatic heterocycles. The number of esters is 1. The molecule has 116 heavy (non-hydrogen) atoms. The first-order valence-corrected chi connectivity index (χ1v) is 41.9. The number of amides is 1. The molecule has 39 heteroatoms. The van der Waals surface area contributed by atoms with Gasteiger partial charge in [0.2, 0.25) is 0 Å². The second-order valence-corrected chi connectivity index (χ2v) is 39.3. The first kappa shape index (κ1) is 108. The van der Waals surface area contributed by atoms with Gasteiger partial charge < -0.3 is 39.4 Å². The molecule has 0 spiro atoms. The molecule has 2 atom stereocenters. The van der Waals surface area contributed by atoms with Gasteiger partial charge in [-0.15, -0.1) is 0 Å². The minimum absolute atomic E-state index is 0. The zero-order valence-corrected chi connectivity index (χ0v) is 79.6. The summed E-state index contributed by atoms with van der Waals surface area (Å²) in [7, 11) is 4.96. The fourth-order valence-corrected chi connectivity index (χ4v) is 14.1. The van der Waals surface area contributed by atoms with Gasteiger partial charge in [0.1, 0.15) is 65.8 Å². The van der Waals surface area contributed by atoms with E-state index in [0.29, 0.717) is 65.3 Å². The van der Waals surface area contributed by atoms with Crippen molar-refractivity contribution in [2.24, 2.45) is 36.3 Å². The van der Waals surface area contributed by atoms with Crippen LogP contribution in [0.5, 0.6) is 0 Å². The number of hydrogen-bond acceptors (Lipinski definition) is 14. The molecular formula is C77H108BBr5F9N13O9S2. The molecule has 2 unspecified atom stereocenters. The van der Waals surface area contributed by atoms with Crippen LogP contribution in [0.2, 0.25) is 0 Å². The fourth-order valence-electron chi connectivity index (χ4n) is 10.4. The van der Waals surface area contributed by atoms with Gasteiger partial charge in [-0.3, -0.25) is 41.5 Å². The van der Waals surface area contributed by atoms with Gasteiger partial charge in [0.25, 0.3) is 0 Å². The summed E-state index contributed by atoms with van der Waals surface area (Å²) in [6.45, 7) is 37.9. The number of nitrogens with one attached hydrogen (secondary N) is 2. The SMILES string of the molecule is C1CCOC1.CC(C)(NS(=O)C(C)(C)C)c1c2cc(Br)cc(F)c2nn1CCO.CC(C)=NS(=O)C(C)(C)C.CCOC(C)=O.C[O+](C)C.Cn1cc2cc(Br)cc(F)c2n1.Cn1nc2c(F)cc(Br)cc2c1C(C)(C)N.Cn1nc2c(F)cc(Br)cc2c1C(C)(C)NC(=O)OC(C)(C)C.FB(F)F.Fc1cc(Br)cc2c1CN=C2.[F-]. The van der Waals surface area contributed by atoms with E-state index in [1.165, 1.54) is 50.1 Å². The summed E-state index contributed by atoms with van der Waals surface area (Å²) >= 11 is 16.3. The van der Waals surface area contributed by atoms with Crippen LogP contribution in [0.1, 0.15) is 173 Å². The molecule has 5 aromatic carbocycles. The molecular weight excluding hydrogens is 1900 g/mol. The Kier molecular flexibility index (Phi) is 44.5. The highest BCUT2D eigenvalue weighted by Gasteiger charge is 2.35. The van der Waals surface area contributed by atoms with E-state index in [1.54, 1.807) is 92.1 Å². The number of hydrogen-bond donors (Lipinski definition) is 4. The molecule has 5 N–H and O–H groups in total. The predicted molar refractivity (Wildman–Crippen MR) is 466 cm³/mol. The van der Waals surface area contributed by atoms with Crippen LogP contribution >= 0.6 is 79.6 Å². The van der Waals surface area contributed by atoms with Gasteiger partial charge >= 0.3 is 19.6 Å². The number of ether oxygens (including phenoxy) is 3. The van der Waals surface area contributed by atoms with Crippen LogP contribution in [0.3, 0.4) is 0 Å². The van der Waals surface area contributed by atoms with Crippen molar-refractivity contribution in [3.63, 3.8) is 0 Å². The van der Waals surface area contributed by atoms with E-state index in [4.69, 9.17) is 15.2 Å². The fraction of sp³-hybridized carbons (Fsp3) is 0.506. The van der Waals surface area contributed by atoms with Crippen molar-refractivity contribution in [3.05, 3.63) is 147 Å². The van der Waals surface area contributed by atoms with Crippen molar-refractivity contribution in [2.75, 3.05) is 47.8 Å². The van der Waals surface area contributed by atoms with Crippen LogP contribution in [-0.4, -0.2) is 147 Å². The van der Waals surface area contributed by atoms with Gasteiger partial charge in [-0.05, 0) is 198 Å². The summed E-state index contributed by atoms with van der Waals surface area (Å²) < 4.78 is 154. The first-order valence-electron chi connectivity index (χ1n) is 35.6. The smallest absolute Gasteiger partial charge is 0.762 e. The summed E-state index contributed by atoms with van der Waals surface area (Å²) in [4.78, 5) is 25.9. The highest BCUT2D eigenvalue weighted by molar-refractivity contribution is 9.11. The molecule has 0 radical (unpaired) electrons. The van der Waals surface area contributed by atoms with E-state index in [2.05, 4.69) is 129 Å². The molecule has 1 saturated heterocycles. The number of rotatable bonds is 10. The molecule has 2 aliphatic heterocycles. The molecule has 0 aliphatic carbocycles. The van der Waals surface area contributed by atoms with Crippen LogP contribution < -0.4 is 20.5 Å². The summed E-state index contributed by atoms with van der Waals surface area (Å²) in [5.41, 5.74) is 9.32. The number of aryl methyl sites for hydroxylation is 3. The monoisotopic (exact) mass is 2000 g/mol. The van der Waals surface area contributed by atoms with Crippen molar-refractivity contribution in [1.82, 2.24) is 49.2 Å². The number of aromatic nitrogens is 8. The third-order valence-corrected chi connectivity index (χ3v) is 20.3. The van der Waals surface area contributed by atoms with Crippen LogP contribution in [0.25, 0.3) is 43.6 Å². The molecule has 6 heterocycles. The molecule has 648 valence electrons. The Morgan fingerprint density at radius 1 is 0.629 bits per heavy atom. The lowest BCUT2D eigenvalue weighted by Crippen LogP contribution is -3.00. The van der Waals surface area contributed by atoms with Gasteiger partial charge in [-0.25, -0.2) is 39.9 Å². The van der Waals surface area contributed by atoms with Crippen molar-refractivity contribution in [2.45, 2.75) is 189 Å². The predicted octanol–water partition coefficient (Wildman–Crippen LogP) is 16.7. The van der Waals surface area contributed by atoms with E-state index in [1.807, 2.05) is 136 Å². The van der Waals surface area contributed by atoms with Crippen molar-refractivity contribution < 1.29 is 81.3 Å². The second kappa shape index (κ2) is 47.8. The Morgan fingerprint density at radius 3 is 1.42 bits per heavy atom. The van der Waals surface area contributed by atoms with E-state index in [9.17, 15) is 58.0 Å². The molecule has 0 bridgehead atoms. The number of nitrogens with zero attached hydrogens (tertiary/aromatic N) is 10. The average Bonchev–Trinajstić information content (AvgIpc) is 1.60. The topological polar surface area (TPSA) is 265 Å². The van der Waals surface area contributed by atoms with Crippen LogP contribution in [-0.2, 0) is 96.2 Å². The quantitative estimate of drug-likeness (QED) is 0.0327. The lowest BCUT2D eigenvalue weighted by Gasteiger charge is -2.31. The standard InChI is InChI=1S/C16H23BrFN3O2S.C16H21BrFN3O2.C11H13BrFN3.C8H6BrFN2.C8H5BrFN.C7H15NOS.C4H8O2.C4H8O.C3H9O.BF3.FH/c1-15(2,3)24(23)20-16(4,5)14-11-8-10(17)9-12(18)13(11)19-21(14)6-7-22;1-15(2,3)23-14(22)19-16(4,5)13-10-7-9(17)8-11(18)12(10)20-21(13)6;1-11(2,14)10-7-4-6(12)5-8(13)9(7)15-16(10)3;1-12-4-5-2-6(9)3-7(10)8(5)11-12;9-6-1-5-3-11-4-7(5)8(10)2-6;1-6(2)8-10(9)7(3,4)5;1-3-6-4(2)5;1-2-4-5-3-1;1-4(2)3;2-1(3)4;/h8-9,20,22H,6-7H2,1-5H3;7-8H,1-6H3,(H,19,22);4-5H,14H2,1-3H3;2-4H,1H3;1-3H,4H2;1-5H3;3H2,1-2H3;1-4H2;1-3H3;;1H/q;;;;;;;;+1;;/p-1. The maximum absolute atomic E-state index is 14.3.